The van der Waals surface area contributed by atoms with Gasteiger partial charge in [0.1, 0.15) is 11.3 Å². The molecule has 22 heavy (non-hydrogen) atoms. The first-order valence-electron chi connectivity index (χ1n) is 6.86. The Labute approximate surface area is 127 Å². The van der Waals surface area contributed by atoms with E-state index in [0.717, 1.165) is 11.2 Å². The van der Waals surface area contributed by atoms with Crippen LogP contribution in [0.1, 0.15) is 27.3 Å². The summed E-state index contributed by atoms with van der Waals surface area (Å²) in [7, 11) is 0. The highest BCUT2D eigenvalue weighted by Gasteiger charge is 2.17. The predicted octanol–water partition coefficient (Wildman–Crippen LogP) is 3.08. The standard InChI is InChI=1S/C17H14N4O/c1-11-5-4-8-21-15(12(2)19-16(11)21)17(22)20-14-7-3-6-13(9-14)10-18/h3-9H,1-2H3,(H,20,22). The highest BCUT2D eigenvalue weighted by molar-refractivity contribution is 6.04. The number of imidazole rings is 1. The van der Waals surface area contributed by atoms with Crippen molar-refractivity contribution in [3.63, 3.8) is 0 Å². The number of amides is 1. The second-order valence-corrected chi connectivity index (χ2v) is 5.08. The Morgan fingerprint density at radius 2 is 2.09 bits per heavy atom. The van der Waals surface area contributed by atoms with Gasteiger partial charge in [0.05, 0.1) is 17.3 Å². The summed E-state index contributed by atoms with van der Waals surface area (Å²) in [6, 6.07) is 12.7. The zero-order chi connectivity index (χ0) is 15.7. The van der Waals surface area contributed by atoms with Gasteiger partial charge >= 0.3 is 0 Å². The van der Waals surface area contributed by atoms with Crippen molar-refractivity contribution in [2.24, 2.45) is 0 Å². The highest BCUT2D eigenvalue weighted by atomic mass is 16.2. The van der Waals surface area contributed by atoms with E-state index in [1.165, 1.54) is 0 Å². The summed E-state index contributed by atoms with van der Waals surface area (Å²) in [6.45, 7) is 3.77. The van der Waals surface area contributed by atoms with Gasteiger partial charge in [-0.1, -0.05) is 12.1 Å². The van der Waals surface area contributed by atoms with Crippen LogP contribution in [0.5, 0.6) is 0 Å². The maximum atomic E-state index is 12.6. The monoisotopic (exact) mass is 290 g/mol. The van der Waals surface area contributed by atoms with Gasteiger partial charge in [-0.15, -0.1) is 0 Å². The Balaban J connectivity index is 2.01. The van der Waals surface area contributed by atoms with E-state index in [0.29, 0.717) is 22.6 Å². The summed E-state index contributed by atoms with van der Waals surface area (Å²) in [5, 5.41) is 11.7. The van der Waals surface area contributed by atoms with Crippen molar-refractivity contribution in [2.75, 3.05) is 5.32 Å². The molecule has 0 aliphatic rings. The number of hydrogen-bond donors (Lipinski definition) is 1. The van der Waals surface area contributed by atoms with Gasteiger partial charge in [0.25, 0.3) is 5.91 Å². The topological polar surface area (TPSA) is 70.2 Å². The minimum atomic E-state index is -0.245. The third kappa shape index (κ3) is 2.31. The minimum absolute atomic E-state index is 0.245. The van der Waals surface area contributed by atoms with Gasteiger partial charge in [-0.3, -0.25) is 9.20 Å². The Morgan fingerprint density at radius 1 is 1.27 bits per heavy atom. The quantitative estimate of drug-likeness (QED) is 0.788. The summed E-state index contributed by atoms with van der Waals surface area (Å²) in [4.78, 5) is 17.0. The Morgan fingerprint density at radius 3 is 2.86 bits per heavy atom. The van der Waals surface area contributed by atoms with Crippen molar-refractivity contribution in [1.82, 2.24) is 9.38 Å². The molecule has 0 fully saturated rings. The molecule has 2 aromatic heterocycles. The molecule has 0 saturated carbocycles. The molecule has 0 bridgehead atoms. The van der Waals surface area contributed by atoms with Crippen molar-refractivity contribution in [3.8, 4) is 6.07 Å². The summed E-state index contributed by atoms with van der Waals surface area (Å²) in [5.41, 5.74) is 4.05. The molecule has 0 radical (unpaired) electrons. The van der Waals surface area contributed by atoms with Crippen LogP contribution in [0.15, 0.2) is 42.6 Å². The number of nitrogens with zero attached hydrogens (tertiary/aromatic N) is 3. The summed E-state index contributed by atoms with van der Waals surface area (Å²) in [6.07, 6.45) is 1.82. The number of benzene rings is 1. The van der Waals surface area contributed by atoms with Gasteiger partial charge in [-0.25, -0.2) is 4.98 Å². The zero-order valence-corrected chi connectivity index (χ0v) is 12.3. The number of carbonyl (C=O) groups is 1. The number of pyridine rings is 1. The number of nitrogens with one attached hydrogen (secondary N) is 1. The van der Waals surface area contributed by atoms with Crippen molar-refractivity contribution in [3.05, 3.63) is 65.1 Å². The van der Waals surface area contributed by atoms with Gasteiger partial charge in [-0.05, 0) is 43.7 Å². The van der Waals surface area contributed by atoms with Crippen molar-refractivity contribution in [1.29, 1.82) is 5.26 Å². The molecular formula is C17H14N4O. The number of anilines is 1. The van der Waals surface area contributed by atoms with E-state index >= 15 is 0 Å². The van der Waals surface area contributed by atoms with E-state index < -0.39 is 0 Å². The number of aromatic nitrogens is 2. The molecule has 0 aliphatic heterocycles. The van der Waals surface area contributed by atoms with Crippen LogP contribution in [0.2, 0.25) is 0 Å². The fourth-order valence-electron chi connectivity index (χ4n) is 2.45. The number of carbonyl (C=O) groups excluding carboxylic acids is 1. The number of fused-ring (bicyclic) bond motifs is 1. The fourth-order valence-corrected chi connectivity index (χ4v) is 2.45. The largest absolute Gasteiger partial charge is 0.321 e. The van der Waals surface area contributed by atoms with E-state index in [2.05, 4.69) is 16.4 Å². The molecule has 0 atom stereocenters. The van der Waals surface area contributed by atoms with Gasteiger partial charge in [0.15, 0.2) is 0 Å². The van der Waals surface area contributed by atoms with E-state index in [9.17, 15) is 4.79 Å². The summed E-state index contributed by atoms with van der Waals surface area (Å²) in [5.74, 6) is -0.245. The van der Waals surface area contributed by atoms with Gasteiger partial charge in [-0.2, -0.15) is 5.26 Å². The van der Waals surface area contributed by atoms with Crippen LogP contribution in [0.3, 0.4) is 0 Å². The number of hydrogen-bond acceptors (Lipinski definition) is 3. The molecule has 0 aliphatic carbocycles. The first-order valence-corrected chi connectivity index (χ1v) is 6.86. The van der Waals surface area contributed by atoms with Gasteiger partial charge < -0.3 is 5.32 Å². The van der Waals surface area contributed by atoms with Crippen LogP contribution in [-0.2, 0) is 0 Å². The van der Waals surface area contributed by atoms with Gasteiger partial charge in [0, 0.05) is 11.9 Å². The van der Waals surface area contributed by atoms with Crippen LogP contribution in [0.25, 0.3) is 5.65 Å². The van der Waals surface area contributed by atoms with E-state index in [-0.39, 0.29) is 5.91 Å². The molecular weight excluding hydrogens is 276 g/mol. The first-order chi connectivity index (χ1) is 10.6. The minimum Gasteiger partial charge on any atom is -0.321 e. The third-order valence-electron chi connectivity index (χ3n) is 3.48. The molecule has 0 unspecified atom stereocenters. The summed E-state index contributed by atoms with van der Waals surface area (Å²) >= 11 is 0. The van der Waals surface area contributed by atoms with E-state index in [4.69, 9.17) is 5.26 Å². The second-order valence-electron chi connectivity index (χ2n) is 5.08. The number of nitriles is 1. The zero-order valence-electron chi connectivity index (χ0n) is 12.3. The van der Waals surface area contributed by atoms with Crippen LogP contribution >= 0.6 is 0 Å². The number of aryl methyl sites for hydroxylation is 2. The van der Waals surface area contributed by atoms with Crippen LogP contribution in [-0.4, -0.2) is 15.3 Å². The fraction of sp³-hybridized carbons (Fsp3) is 0.118. The van der Waals surface area contributed by atoms with Crippen molar-refractivity contribution >= 4 is 17.2 Å². The molecule has 3 rings (SSSR count). The maximum Gasteiger partial charge on any atom is 0.274 e. The normalized spacial score (nSPS) is 10.4. The average Bonchev–Trinajstić information content (AvgIpc) is 2.85. The molecule has 1 aromatic carbocycles. The predicted molar refractivity (Wildman–Crippen MR) is 83.8 cm³/mol. The van der Waals surface area contributed by atoms with Crippen molar-refractivity contribution in [2.45, 2.75) is 13.8 Å². The lowest BCUT2D eigenvalue weighted by Crippen LogP contribution is -2.15. The lowest BCUT2D eigenvalue weighted by atomic mass is 10.2. The Kier molecular flexibility index (Phi) is 3.36. The Hall–Kier alpha value is -3.13. The molecule has 1 amide bonds. The third-order valence-corrected chi connectivity index (χ3v) is 3.48. The molecule has 1 N–H and O–H groups in total. The smallest absolute Gasteiger partial charge is 0.274 e. The van der Waals surface area contributed by atoms with Crippen molar-refractivity contribution < 1.29 is 4.79 Å². The maximum absolute atomic E-state index is 12.6. The molecule has 5 heteroatoms. The summed E-state index contributed by atoms with van der Waals surface area (Å²) < 4.78 is 1.79. The van der Waals surface area contributed by atoms with Crippen LogP contribution < -0.4 is 5.32 Å². The molecule has 0 spiro atoms. The highest BCUT2D eigenvalue weighted by Crippen LogP contribution is 2.17. The van der Waals surface area contributed by atoms with Gasteiger partial charge in [0.2, 0.25) is 0 Å². The van der Waals surface area contributed by atoms with E-state index in [1.807, 2.05) is 32.2 Å². The lowest BCUT2D eigenvalue weighted by Gasteiger charge is -2.06. The van der Waals surface area contributed by atoms with E-state index in [1.54, 1.807) is 28.7 Å². The molecule has 2 heterocycles. The molecule has 108 valence electrons. The SMILES string of the molecule is Cc1nc2c(C)cccn2c1C(=O)Nc1cccc(C#N)c1. The van der Waals surface area contributed by atoms with Crippen LogP contribution in [0.4, 0.5) is 5.69 Å². The first kappa shape index (κ1) is 13.8. The lowest BCUT2D eigenvalue weighted by molar-refractivity contribution is 0.102. The van der Waals surface area contributed by atoms with Crippen LogP contribution in [0, 0.1) is 25.2 Å². The molecule has 3 aromatic rings. The Bertz CT molecular complexity index is 918. The number of rotatable bonds is 2. The molecule has 5 nitrogen and oxygen atoms in total. The average molecular weight is 290 g/mol. The molecule has 0 saturated heterocycles. The second kappa shape index (κ2) is 5.34.